The molecular weight excluding hydrogens is 408 g/mol. The molecule has 1 unspecified atom stereocenters. The van der Waals surface area contributed by atoms with Crippen LogP contribution in [0.15, 0.2) is 47.3 Å². The Bertz CT molecular complexity index is 1130. The van der Waals surface area contributed by atoms with Crippen molar-refractivity contribution in [1.29, 1.82) is 0 Å². The number of hydrogen-bond donors (Lipinski definition) is 0. The summed E-state index contributed by atoms with van der Waals surface area (Å²) >= 11 is 0. The van der Waals surface area contributed by atoms with Gasteiger partial charge in [-0.15, -0.1) is 10.2 Å². The first-order valence-corrected chi connectivity index (χ1v) is 10.9. The summed E-state index contributed by atoms with van der Waals surface area (Å²) in [5.41, 5.74) is 1.05. The van der Waals surface area contributed by atoms with Gasteiger partial charge >= 0.3 is 0 Å². The van der Waals surface area contributed by atoms with Crippen molar-refractivity contribution in [2.75, 3.05) is 26.2 Å². The molecule has 4 heterocycles. The number of hydrogen-bond acceptors (Lipinski definition) is 6. The lowest BCUT2D eigenvalue weighted by molar-refractivity contribution is 0.0528. The molecule has 0 radical (unpaired) electrons. The molecular formula is C23H26N6O3. The molecule has 9 nitrogen and oxygen atoms in total. The maximum Gasteiger partial charge on any atom is 0.272 e. The van der Waals surface area contributed by atoms with Gasteiger partial charge in [0, 0.05) is 51.1 Å². The molecule has 9 heteroatoms. The summed E-state index contributed by atoms with van der Waals surface area (Å²) in [6.45, 7) is 4.14. The minimum atomic E-state index is -0.208. The van der Waals surface area contributed by atoms with E-state index < -0.39 is 0 Å². The zero-order chi connectivity index (χ0) is 22.3. The fourth-order valence-corrected chi connectivity index (χ4v) is 5.07. The largest absolute Gasteiger partial charge is 0.425 e. The van der Waals surface area contributed by atoms with E-state index in [2.05, 4.69) is 15.2 Å². The van der Waals surface area contributed by atoms with Crippen LogP contribution < -0.4 is 0 Å². The normalized spacial score (nSPS) is 20.1. The number of piperidine rings is 1. The first-order chi connectivity index (χ1) is 15.5. The first-order valence-electron chi connectivity index (χ1n) is 10.9. The Morgan fingerprint density at radius 3 is 2.44 bits per heavy atom. The highest BCUT2D eigenvalue weighted by atomic mass is 16.4. The van der Waals surface area contributed by atoms with Gasteiger partial charge in [0.15, 0.2) is 0 Å². The molecule has 1 spiro atoms. The number of nitrogens with zero attached hydrogens (tertiary/aromatic N) is 6. The maximum absolute atomic E-state index is 13.2. The predicted octanol–water partition coefficient (Wildman–Crippen LogP) is 2.27. The molecule has 2 aromatic heterocycles. The van der Waals surface area contributed by atoms with Crippen molar-refractivity contribution in [1.82, 2.24) is 29.5 Å². The molecule has 3 aromatic rings. The Balaban J connectivity index is 1.39. The van der Waals surface area contributed by atoms with Crippen molar-refractivity contribution >= 4 is 11.8 Å². The second-order valence-corrected chi connectivity index (χ2v) is 8.81. The number of aromatic nitrogens is 4. The van der Waals surface area contributed by atoms with E-state index in [0.29, 0.717) is 49.2 Å². The van der Waals surface area contributed by atoms with Crippen LogP contribution in [0.4, 0.5) is 0 Å². The van der Waals surface area contributed by atoms with E-state index in [9.17, 15) is 9.59 Å². The Hall–Kier alpha value is -3.49. The Labute approximate surface area is 186 Å². The van der Waals surface area contributed by atoms with Gasteiger partial charge in [0.2, 0.25) is 11.8 Å². The number of carbonyl (C=O) groups is 2. The number of imidazole rings is 1. The van der Waals surface area contributed by atoms with Gasteiger partial charge in [-0.25, -0.2) is 4.98 Å². The van der Waals surface area contributed by atoms with Gasteiger partial charge in [0.1, 0.15) is 5.69 Å². The van der Waals surface area contributed by atoms with E-state index in [0.717, 1.165) is 12.8 Å². The summed E-state index contributed by atoms with van der Waals surface area (Å²) in [4.78, 5) is 34.0. The van der Waals surface area contributed by atoms with E-state index in [1.165, 1.54) is 0 Å². The smallest absolute Gasteiger partial charge is 0.272 e. The number of amides is 2. The number of benzene rings is 1. The lowest BCUT2D eigenvalue weighted by Gasteiger charge is -2.41. The average Bonchev–Trinajstić information content (AvgIpc) is 3.53. The maximum atomic E-state index is 13.2. The second-order valence-electron chi connectivity index (χ2n) is 8.81. The van der Waals surface area contributed by atoms with Crippen molar-refractivity contribution in [2.24, 2.45) is 12.5 Å². The summed E-state index contributed by atoms with van der Waals surface area (Å²) in [6, 6.07) is 9.36. The molecule has 5 rings (SSSR count). The third-order valence-corrected chi connectivity index (χ3v) is 6.88. The minimum Gasteiger partial charge on any atom is -0.425 e. The standard InChI is InChI=1S/C23H26N6O3/c1-16-25-26-20(32-16)18-13-29(22(31)19-12-24-15-27(19)2)14-23(18)8-10-28(11-9-23)21(30)17-6-4-3-5-7-17/h3-7,12,15,18H,8-11,13-14H2,1-2H3. The molecule has 0 saturated carbocycles. The molecule has 0 aliphatic carbocycles. The van der Waals surface area contributed by atoms with Crippen LogP contribution in [0.2, 0.25) is 0 Å². The molecule has 1 aromatic carbocycles. The highest BCUT2D eigenvalue weighted by Crippen LogP contribution is 2.49. The quantitative estimate of drug-likeness (QED) is 0.627. The van der Waals surface area contributed by atoms with Gasteiger partial charge in [-0.2, -0.15) is 0 Å². The molecule has 1 atom stereocenters. The van der Waals surface area contributed by atoms with Crippen LogP contribution >= 0.6 is 0 Å². The third kappa shape index (κ3) is 3.47. The summed E-state index contributed by atoms with van der Waals surface area (Å²) in [7, 11) is 1.82. The summed E-state index contributed by atoms with van der Waals surface area (Å²) < 4.78 is 7.56. The fraction of sp³-hybridized carbons (Fsp3) is 0.435. The van der Waals surface area contributed by atoms with E-state index in [-0.39, 0.29) is 23.1 Å². The molecule has 2 amide bonds. The van der Waals surface area contributed by atoms with Gasteiger partial charge in [-0.05, 0) is 25.0 Å². The van der Waals surface area contributed by atoms with Crippen LogP contribution in [0, 0.1) is 12.3 Å². The summed E-state index contributed by atoms with van der Waals surface area (Å²) in [6.07, 6.45) is 4.77. The SMILES string of the molecule is Cc1nnc(C2CN(C(=O)c3cncn3C)CC23CCN(C(=O)c2ccccc2)CC3)o1. The predicted molar refractivity (Wildman–Crippen MR) is 115 cm³/mol. The van der Waals surface area contributed by atoms with Crippen molar-refractivity contribution in [2.45, 2.75) is 25.7 Å². The van der Waals surface area contributed by atoms with E-state index in [1.807, 2.05) is 47.2 Å². The molecule has 2 saturated heterocycles. The van der Waals surface area contributed by atoms with Gasteiger partial charge in [-0.1, -0.05) is 18.2 Å². The van der Waals surface area contributed by atoms with Gasteiger partial charge in [-0.3, -0.25) is 9.59 Å². The van der Waals surface area contributed by atoms with Crippen LogP contribution in [-0.4, -0.2) is 67.5 Å². The monoisotopic (exact) mass is 434 g/mol. The van der Waals surface area contributed by atoms with E-state index in [1.54, 1.807) is 24.0 Å². The zero-order valence-electron chi connectivity index (χ0n) is 18.3. The van der Waals surface area contributed by atoms with Crippen LogP contribution in [0.3, 0.4) is 0 Å². The molecule has 166 valence electrons. The summed E-state index contributed by atoms with van der Waals surface area (Å²) in [5.74, 6) is 1.03. The summed E-state index contributed by atoms with van der Waals surface area (Å²) in [5, 5.41) is 8.33. The van der Waals surface area contributed by atoms with Crippen molar-refractivity contribution in [3.63, 3.8) is 0 Å². The average molecular weight is 435 g/mol. The van der Waals surface area contributed by atoms with E-state index in [4.69, 9.17) is 4.42 Å². The minimum absolute atomic E-state index is 0.0476. The third-order valence-electron chi connectivity index (χ3n) is 6.88. The molecule has 0 bridgehead atoms. The lowest BCUT2D eigenvalue weighted by Crippen LogP contribution is -2.46. The fourth-order valence-electron chi connectivity index (χ4n) is 5.07. The van der Waals surface area contributed by atoms with Crippen LogP contribution in [0.5, 0.6) is 0 Å². The topological polar surface area (TPSA) is 97.4 Å². The number of aryl methyl sites for hydroxylation is 2. The van der Waals surface area contributed by atoms with Crippen molar-refractivity contribution < 1.29 is 14.0 Å². The van der Waals surface area contributed by atoms with Crippen LogP contribution in [-0.2, 0) is 7.05 Å². The molecule has 32 heavy (non-hydrogen) atoms. The van der Waals surface area contributed by atoms with Gasteiger partial charge in [0.05, 0.1) is 18.4 Å². The molecule has 0 N–H and O–H groups in total. The zero-order valence-corrected chi connectivity index (χ0v) is 18.3. The van der Waals surface area contributed by atoms with Crippen LogP contribution in [0.1, 0.15) is 51.4 Å². The molecule has 2 aliphatic rings. The number of carbonyl (C=O) groups excluding carboxylic acids is 2. The highest BCUT2D eigenvalue weighted by Gasteiger charge is 2.52. The number of rotatable bonds is 3. The van der Waals surface area contributed by atoms with Gasteiger partial charge in [0.25, 0.3) is 11.8 Å². The molecule has 2 aliphatic heterocycles. The first kappa shape index (κ1) is 20.4. The highest BCUT2D eigenvalue weighted by molar-refractivity contribution is 5.94. The Kier molecular flexibility index (Phi) is 5.03. The lowest BCUT2D eigenvalue weighted by atomic mass is 9.70. The molecule has 2 fully saturated rings. The van der Waals surface area contributed by atoms with Crippen molar-refractivity contribution in [3.8, 4) is 0 Å². The van der Waals surface area contributed by atoms with Crippen LogP contribution in [0.25, 0.3) is 0 Å². The number of likely N-dealkylation sites (tertiary alicyclic amines) is 2. The second kappa shape index (κ2) is 7.89. The Morgan fingerprint density at radius 1 is 1.06 bits per heavy atom. The van der Waals surface area contributed by atoms with Crippen molar-refractivity contribution in [3.05, 3.63) is 65.9 Å². The van der Waals surface area contributed by atoms with Gasteiger partial charge < -0.3 is 18.8 Å². The Morgan fingerprint density at radius 2 is 1.81 bits per heavy atom. The van der Waals surface area contributed by atoms with E-state index >= 15 is 0 Å².